The Hall–Kier alpha value is -1.56. The number of amides is 2. The van der Waals surface area contributed by atoms with E-state index in [1.165, 1.54) is 24.1 Å². The molecule has 2 aliphatic carbocycles. The number of urea groups is 1. The van der Waals surface area contributed by atoms with Gasteiger partial charge in [0, 0.05) is 10.9 Å². The fourth-order valence-corrected chi connectivity index (χ4v) is 5.43. The maximum Gasteiger partial charge on any atom is 0.341 e. The molecule has 2 aliphatic rings. The fraction of sp³-hybridized carbons (Fsp3) is 0.700. The van der Waals surface area contributed by atoms with E-state index in [0.717, 1.165) is 44.1 Å². The van der Waals surface area contributed by atoms with Gasteiger partial charge in [0.15, 0.2) is 0 Å². The molecule has 2 N–H and O–H groups in total. The van der Waals surface area contributed by atoms with Crippen molar-refractivity contribution in [3.8, 4) is 0 Å². The number of rotatable bonds is 5. The number of fused-ring (bicyclic) bond motifs is 1. The van der Waals surface area contributed by atoms with Gasteiger partial charge in [0.25, 0.3) is 0 Å². The molecule has 0 aromatic carbocycles. The lowest BCUT2D eigenvalue weighted by Gasteiger charge is -2.22. The van der Waals surface area contributed by atoms with E-state index in [9.17, 15) is 9.59 Å². The van der Waals surface area contributed by atoms with Crippen LogP contribution in [0, 0.1) is 5.92 Å². The van der Waals surface area contributed by atoms with Crippen molar-refractivity contribution in [2.75, 3.05) is 11.9 Å². The summed E-state index contributed by atoms with van der Waals surface area (Å²) in [6.07, 6.45) is 9.81. The highest BCUT2D eigenvalue weighted by Crippen LogP contribution is 2.40. The summed E-state index contributed by atoms with van der Waals surface area (Å²) in [5.74, 6) is 0.355. The van der Waals surface area contributed by atoms with Crippen LogP contribution in [0.25, 0.3) is 0 Å². The third-order valence-corrected chi connectivity index (χ3v) is 6.76. The van der Waals surface area contributed by atoms with Gasteiger partial charge < -0.3 is 10.1 Å². The summed E-state index contributed by atoms with van der Waals surface area (Å²) < 4.78 is 5.27. The first-order valence-electron chi connectivity index (χ1n) is 10.0. The van der Waals surface area contributed by atoms with Gasteiger partial charge in [-0.3, -0.25) is 5.32 Å². The molecule has 6 heteroatoms. The van der Waals surface area contributed by atoms with Crippen molar-refractivity contribution in [1.82, 2.24) is 5.32 Å². The van der Waals surface area contributed by atoms with Crippen LogP contribution in [-0.4, -0.2) is 24.6 Å². The summed E-state index contributed by atoms with van der Waals surface area (Å²) in [6, 6.07) is 0.0435. The van der Waals surface area contributed by atoms with E-state index in [1.807, 2.05) is 6.92 Å². The van der Waals surface area contributed by atoms with Crippen LogP contribution in [-0.2, 0) is 17.6 Å². The van der Waals surface area contributed by atoms with Gasteiger partial charge in [-0.25, -0.2) is 9.59 Å². The molecule has 26 heavy (non-hydrogen) atoms. The molecule has 1 heterocycles. The summed E-state index contributed by atoms with van der Waals surface area (Å²) in [7, 11) is 0. The monoisotopic (exact) mass is 378 g/mol. The lowest BCUT2D eigenvalue weighted by molar-refractivity contribution is 0.0526. The molecule has 1 fully saturated rings. The SMILES string of the molecule is CCOC(=O)c1c(NC(=O)NC2CCCCC2)sc2c1CC[C@@H](CC)C2. The normalized spacial score (nSPS) is 20.3. The maximum absolute atomic E-state index is 12.5. The molecule has 0 bridgehead atoms. The number of hydrogen-bond acceptors (Lipinski definition) is 4. The molecule has 5 nitrogen and oxygen atoms in total. The largest absolute Gasteiger partial charge is 0.462 e. The lowest BCUT2D eigenvalue weighted by Crippen LogP contribution is -2.39. The number of esters is 1. The number of carbonyl (C=O) groups is 2. The predicted octanol–water partition coefficient (Wildman–Crippen LogP) is 4.89. The van der Waals surface area contributed by atoms with Gasteiger partial charge in [0.1, 0.15) is 5.00 Å². The van der Waals surface area contributed by atoms with E-state index in [4.69, 9.17) is 4.74 Å². The van der Waals surface area contributed by atoms with Crippen LogP contribution >= 0.6 is 11.3 Å². The average Bonchev–Trinajstić information content (AvgIpc) is 2.99. The minimum atomic E-state index is -0.312. The Bertz CT molecular complexity index is 650. The van der Waals surface area contributed by atoms with Gasteiger partial charge in [-0.05, 0) is 50.5 Å². The first kappa shape index (κ1) is 19.2. The summed E-state index contributed by atoms with van der Waals surface area (Å²) >= 11 is 1.55. The van der Waals surface area contributed by atoms with Crippen molar-refractivity contribution in [2.24, 2.45) is 5.92 Å². The molecule has 1 atom stereocenters. The van der Waals surface area contributed by atoms with Crippen LogP contribution in [0.2, 0.25) is 0 Å². The molecule has 2 amide bonds. The Balaban J connectivity index is 1.77. The fourth-order valence-electron chi connectivity index (χ4n) is 4.08. The highest BCUT2D eigenvalue weighted by atomic mass is 32.1. The number of thiophene rings is 1. The van der Waals surface area contributed by atoms with Crippen LogP contribution in [0.3, 0.4) is 0 Å². The number of hydrogen-bond donors (Lipinski definition) is 2. The molecule has 3 rings (SSSR count). The van der Waals surface area contributed by atoms with Gasteiger partial charge in [0.2, 0.25) is 0 Å². The van der Waals surface area contributed by atoms with E-state index in [1.54, 1.807) is 11.3 Å². The number of anilines is 1. The minimum Gasteiger partial charge on any atom is -0.462 e. The molecule has 1 saturated carbocycles. The molecular formula is C20H30N2O3S. The lowest BCUT2D eigenvalue weighted by atomic mass is 9.86. The number of ether oxygens (including phenoxy) is 1. The first-order chi connectivity index (χ1) is 12.6. The average molecular weight is 379 g/mol. The molecule has 0 saturated heterocycles. The quantitative estimate of drug-likeness (QED) is 0.717. The van der Waals surface area contributed by atoms with Gasteiger partial charge in [-0.2, -0.15) is 0 Å². The van der Waals surface area contributed by atoms with E-state index in [2.05, 4.69) is 17.6 Å². The van der Waals surface area contributed by atoms with Gasteiger partial charge in [-0.1, -0.05) is 32.6 Å². The molecular weight excluding hydrogens is 348 g/mol. The van der Waals surface area contributed by atoms with Gasteiger partial charge in [0.05, 0.1) is 12.2 Å². The predicted molar refractivity (Wildman–Crippen MR) is 105 cm³/mol. The van der Waals surface area contributed by atoms with E-state index in [0.29, 0.717) is 23.1 Å². The molecule has 0 unspecified atom stereocenters. The van der Waals surface area contributed by atoms with E-state index in [-0.39, 0.29) is 18.0 Å². The van der Waals surface area contributed by atoms with Crippen molar-refractivity contribution >= 4 is 28.3 Å². The molecule has 144 valence electrons. The van der Waals surface area contributed by atoms with Crippen LogP contribution < -0.4 is 10.6 Å². The first-order valence-corrected chi connectivity index (χ1v) is 10.8. The second-order valence-electron chi connectivity index (χ2n) is 7.38. The Kier molecular flexibility index (Phi) is 6.57. The van der Waals surface area contributed by atoms with Gasteiger partial charge in [-0.15, -0.1) is 11.3 Å². The van der Waals surface area contributed by atoms with Crippen molar-refractivity contribution in [2.45, 2.75) is 77.7 Å². The molecule has 1 aromatic rings. The van der Waals surface area contributed by atoms with Crippen molar-refractivity contribution in [3.05, 3.63) is 16.0 Å². The topological polar surface area (TPSA) is 67.4 Å². The summed E-state index contributed by atoms with van der Waals surface area (Å²) in [4.78, 5) is 26.2. The summed E-state index contributed by atoms with van der Waals surface area (Å²) in [5.41, 5.74) is 1.67. The van der Waals surface area contributed by atoms with Gasteiger partial charge >= 0.3 is 12.0 Å². The minimum absolute atomic E-state index is 0.201. The van der Waals surface area contributed by atoms with Crippen LogP contribution in [0.5, 0.6) is 0 Å². The number of carbonyl (C=O) groups excluding carboxylic acids is 2. The maximum atomic E-state index is 12.5. The zero-order chi connectivity index (χ0) is 18.5. The second kappa shape index (κ2) is 8.89. The smallest absolute Gasteiger partial charge is 0.341 e. The Labute approximate surface area is 159 Å². The molecule has 0 spiro atoms. The van der Waals surface area contributed by atoms with Crippen LogP contribution in [0.4, 0.5) is 9.80 Å². The standard InChI is InChI=1S/C20H30N2O3S/c1-3-13-10-11-15-16(12-13)26-18(17(15)19(23)25-4-2)22-20(24)21-14-8-6-5-7-9-14/h13-14H,3-12H2,1-2H3,(H2,21,22,24)/t13-/m1/s1. The third-order valence-electron chi connectivity index (χ3n) is 5.59. The van der Waals surface area contributed by atoms with Crippen LogP contribution in [0.1, 0.15) is 79.6 Å². The zero-order valence-electron chi connectivity index (χ0n) is 15.9. The summed E-state index contributed by atoms with van der Waals surface area (Å²) in [6.45, 7) is 4.37. The third kappa shape index (κ3) is 4.40. The van der Waals surface area contributed by atoms with E-state index < -0.39 is 0 Å². The highest BCUT2D eigenvalue weighted by molar-refractivity contribution is 7.17. The Morgan fingerprint density at radius 3 is 2.62 bits per heavy atom. The van der Waals surface area contributed by atoms with Crippen molar-refractivity contribution in [3.63, 3.8) is 0 Å². The summed E-state index contributed by atoms with van der Waals surface area (Å²) in [5, 5.41) is 6.68. The Morgan fingerprint density at radius 1 is 1.15 bits per heavy atom. The Morgan fingerprint density at radius 2 is 1.92 bits per heavy atom. The molecule has 0 aliphatic heterocycles. The number of nitrogens with one attached hydrogen (secondary N) is 2. The zero-order valence-corrected chi connectivity index (χ0v) is 16.7. The van der Waals surface area contributed by atoms with Crippen molar-refractivity contribution in [1.29, 1.82) is 0 Å². The molecule has 1 aromatic heterocycles. The molecule has 0 radical (unpaired) electrons. The van der Waals surface area contributed by atoms with Crippen molar-refractivity contribution < 1.29 is 14.3 Å². The highest BCUT2D eigenvalue weighted by Gasteiger charge is 2.30. The van der Waals surface area contributed by atoms with Crippen LogP contribution in [0.15, 0.2) is 0 Å². The second-order valence-corrected chi connectivity index (χ2v) is 8.48. The van der Waals surface area contributed by atoms with E-state index >= 15 is 0 Å².